The highest BCUT2D eigenvalue weighted by Gasteiger charge is 2.49. The molecule has 29 heavy (non-hydrogen) atoms. The molecule has 1 fully saturated rings. The summed E-state index contributed by atoms with van der Waals surface area (Å²) in [6.07, 6.45) is 3.93. The lowest BCUT2D eigenvalue weighted by molar-refractivity contribution is -0.144. The smallest absolute Gasteiger partial charge is 0.264 e. The summed E-state index contributed by atoms with van der Waals surface area (Å²) in [6.45, 7) is 1.74. The van der Waals surface area contributed by atoms with Gasteiger partial charge < -0.3 is 9.84 Å². The van der Waals surface area contributed by atoms with Crippen LogP contribution in [0.1, 0.15) is 25.3 Å². The van der Waals surface area contributed by atoms with Gasteiger partial charge in [0.2, 0.25) is 10.0 Å². The Morgan fingerprint density at radius 2 is 1.93 bits per heavy atom. The van der Waals surface area contributed by atoms with Crippen LogP contribution in [-0.4, -0.2) is 52.1 Å². The molecule has 0 aliphatic carbocycles. The van der Waals surface area contributed by atoms with Crippen LogP contribution in [0.4, 0.5) is 0 Å². The number of ether oxygens (including phenoxy) is 1. The number of carbonyl (C=O) groups excluding carboxylic acids is 1. The quantitative estimate of drug-likeness (QED) is 0.470. The number of amides is 1. The number of hydrogen-bond acceptors (Lipinski definition) is 7. The maximum atomic E-state index is 13.1. The first-order chi connectivity index (χ1) is 13.8. The van der Waals surface area contributed by atoms with Crippen molar-refractivity contribution in [1.29, 1.82) is 0 Å². The fourth-order valence-electron chi connectivity index (χ4n) is 3.39. The van der Waals surface area contributed by atoms with Crippen molar-refractivity contribution in [2.24, 2.45) is 0 Å². The summed E-state index contributed by atoms with van der Waals surface area (Å²) in [5, 5.41) is 19.5. The van der Waals surface area contributed by atoms with Gasteiger partial charge in [0.05, 0.1) is 10.5 Å². The number of nitrogens with zero attached hydrogens (tertiary/aromatic N) is 2. The standard InChI is InChI=1S/C19H23N3O6S/c1-19(24)9-2-12-22(17(19)18(23)21-25)29(26,27)16-5-3-15(4-6-16)28-13-14-7-10-20-11-8-14/h3-8,10-11,17,24-25H,2,9,12-13H2,1H3,(H,21,23)/t17-,19+/m0/s1. The van der Waals surface area contributed by atoms with Crippen LogP contribution in [0.15, 0.2) is 53.7 Å². The molecule has 0 saturated carbocycles. The molecule has 1 amide bonds. The van der Waals surface area contributed by atoms with Gasteiger partial charge in [-0.2, -0.15) is 4.31 Å². The molecule has 0 bridgehead atoms. The van der Waals surface area contributed by atoms with Crippen LogP contribution in [0.25, 0.3) is 0 Å². The monoisotopic (exact) mass is 421 g/mol. The Morgan fingerprint density at radius 1 is 1.28 bits per heavy atom. The zero-order valence-electron chi connectivity index (χ0n) is 15.9. The molecular weight excluding hydrogens is 398 g/mol. The van der Waals surface area contributed by atoms with Crippen LogP contribution in [0.3, 0.4) is 0 Å². The summed E-state index contributed by atoms with van der Waals surface area (Å²) in [4.78, 5) is 16.0. The lowest BCUT2D eigenvalue weighted by Crippen LogP contribution is -2.62. The zero-order valence-corrected chi connectivity index (χ0v) is 16.7. The van der Waals surface area contributed by atoms with Crippen LogP contribution < -0.4 is 10.2 Å². The number of pyridine rings is 1. The number of hydrogen-bond donors (Lipinski definition) is 3. The third-order valence-electron chi connectivity index (χ3n) is 4.88. The van der Waals surface area contributed by atoms with Crippen molar-refractivity contribution in [3.63, 3.8) is 0 Å². The Labute approximate surface area is 169 Å². The SMILES string of the molecule is C[C@@]1(O)CCCN(S(=O)(=O)c2ccc(OCc3ccncc3)cc2)[C@H]1C(=O)NO. The van der Waals surface area contributed by atoms with E-state index >= 15 is 0 Å². The van der Waals surface area contributed by atoms with Crippen molar-refractivity contribution in [3.05, 3.63) is 54.4 Å². The normalized spacial score (nSPS) is 22.8. The van der Waals surface area contributed by atoms with Gasteiger partial charge in [-0.05, 0) is 61.7 Å². The Balaban J connectivity index is 1.80. The lowest BCUT2D eigenvalue weighted by atomic mass is 9.87. The van der Waals surface area contributed by atoms with E-state index in [1.807, 2.05) is 12.1 Å². The van der Waals surface area contributed by atoms with Crippen molar-refractivity contribution < 1.29 is 28.3 Å². The highest BCUT2D eigenvalue weighted by Crippen LogP contribution is 2.32. The van der Waals surface area contributed by atoms with Crippen LogP contribution in [-0.2, 0) is 21.4 Å². The number of nitrogens with one attached hydrogen (secondary N) is 1. The lowest BCUT2D eigenvalue weighted by Gasteiger charge is -2.42. The Bertz CT molecular complexity index is 948. The second-order valence-electron chi connectivity index (χ2n) is 7.07. The molecule has 1 aliphatic heterocycles. The molecule has 2 atom stereocenters. The van der Waals surface area contributed by atoms with Crippen molar-refractivity contribution in [1.82, 2.24) is 14.8 Å². The molecule has 10 heteroatoms. The number of carbonyl (C=O) groups is 1. The fraction of sp³-hybridized carbons (Fsp3) is 0.368. The average molecular weight is 421 g/mol. The van der Waals surface area contributed by atoms with E-state index in [1.54, 1.807) is 12.4 Å². The first-order valence-corrected chi connectivity index (χ1v) is 10.5. The number of benzene rings is 1. The molecule has 9 nitrogen and oxygen atoms in total. The first-order valence-electron chi connectivity index (χ1n) is 9.05. The molecule has 3 rings (SSSR count). The maximum Gasteiger partial charge on any atom is 0.264 e. The van der Waals surface area contributed by atoms with Gasteiger partial charge in [-0.25, -0.2) is 13.9 Å². The zero-order chi connectivity index (χ0) is 21.1. The largest absolute Gasteiger partial charge is 0.489 e. The first kappa shape index (κ1) is 21.2. The molecule has 2 heterocycles. The number of rotatable bonds is 6. The number of sulfonamides is 1. The van der Waals surface area contributed by atoms with Gasteiger partial charge in [0.15, 0.2) is 0 Å². The molecule has 1 aliphatic rings. The van der Waals surface area contributed by atoms with Gasteiger partial charge in [-0.15, -0.1) is 0 Å². The maximum absolute atomic E-state index is 13.1. The van der Waals surface area contributed by atoms with Gasteiger partial charge in [0.25, 0.3) is 5.91 Å². The molecule has 1 aromatic heterocycles. The third-order valence-corrected chi connectivity index (χ3v) is 6.76. The molecule has 1 saturated heterocycles. The molecule has 156 valence electrons. The number of aliphatic hydroxyl groups is 1. The number of aromatic nitrogens is 1. The van der Waals surface area contributed by atoms with E-state index in [0.29, 0.717) is 18.8 Å². The minimum absolute atomic E-state index is 0.0396. The van der Waals surface area contributed by atoms with Crippen molar-refractivity contribution in [2.75, 3.05) is 6.54 Å². The molecule has 3 N–H and O–H groups in total. The van der Waals surface area contributed by atoms with Gasteiger partial charge in [0, 0.05) is 18.9 Å². The van der Waals surface area contributed by atoms with E-state index in [-0.39, 0.29) is 17.9 Å². The molecule has 2 aromatic rings. The average Bonchev–Trinajstić information content (AvgIpc) is 2.72. The molecule has 0 unspecified atom stereocenters. The van der Waals surface area contributed by atoms with E-state index in [2.05, 4.69) is 4.98 Å². The van der Waals surface area contributed by atoms with Crippen molar-refractivity contribution >= 4 is 15.9 Å². The summed E-state index contributed by atoms with van der Waals surface area (Å²) in [6, 6.07) is 8.01. The predicted octanol–water partition coefficient (Wildman–Crippen LogP) is 1.07. The van der Waals surface area contributed by atoms with Crippen molar-refractivity contribution in [2.45, 2.75) is 42.9 Å². The van der Waals surface area contributed by atoms with Gasteiger partial charge in [-0.3, -0.25) is 15.0 Å². The predicted molar refractivity (Wildman–Crippen MR) is 102 cm³/mol. The van der Waals surface area contributed by atoms with E-state index in [4.69, 9.17) is 9.94 Å². The van der Waals surface area contributed by atoms with Crippen LogP contribution >= 0.6 is 0 Å². The second kappa shape index (κ2) is 8.46. The van der Waals surface area contributed by atoms with E-state index in [1.165, 1.54) is 36.7 Å². The second-order valence-corrected chi connectivity index (χ2v) is 8.96. The van der Waals surface area contributed by atoms with Crippen LogP contribution in [0, 0.1) is 0 Å². The summed E-state index contributed by atoms with van der Waals surface area (Å²) in [5.41, 5.74) is 0.772. The summed E-state index contributed by atoms with van der Waals surface area (Å²) in [5.74, 6) is -0.494. The number of hydroxylamine groups is 1. The summed E-state index contributed by atoms with van der Waals surface area (Å²) >= 11 is 0. The van der Waals surface area contributed by atoms with E-state index in [0.717, 1.165) is 9.87 Å². The molecule has 1 aromatic carbocycles. The van der Waals surface area contributed by atoms with Gasteiger partial charge >= 0.3 is 0 Å². The minimum Gasteiger partial charge on any atom is -0.489 e. The Kier molecular flexibility index (Phi) is 6.18. The Hall–Kier alpha value is -2.53. The highest BCUT2D eigenvalue weighted by molar-refractivity contribution is 7.89. The van der Waals surface area contributed by atoms with E-state index < -0.39 is 27.6 Å². The van der Waals surface area contributed by atoms with Crippen LogP contribution in [0.5, 0.6) is 5.75 Å². The molecule has 0 radical (unpaired) electrons. The summed E-state index contributed by atoms with van der Waals surface area (Å²) < 4.78 is 32.8. The van der Waals surface area contributed by atoms with Gasteiger partial charge in [-0.1, -0.05) is 0 Å². The third kappa shape index (κ3) is 4.56. The highest BCUT2D eigenvalue weighted by atomic mass is 32.2. The van der Waals surface area contributed by atoms with Crippen molar-refractivity contribution in [3.8, 4) is 5.75 Å². The minimum atomic E-state index is -4.08. The molecule has 0 spiro atoms. The summed E-state index contributed by atoms with van der Waals surface area (Å²) in [7, 11) is -4.08. The topological polar surface area (TPSA) is 129 Å². The number of piperidine rings is 1. The van der Waals surface area contributed by atoms with E-state index in [9.17, 15) is 18.3 Å². The van der Waals surface area contributed by atoms with Gasteiger partial charge in [0.1, 0.15) is 18.4 Å². The fourth-order valence-corrected chi connectivity index (χ4v) is 5.11. The Morgan fingerprint density at radius 3 is 2.55 bits per heavy atom. The van der Waals surface area contributed by atoms with Crippen LogP contribution in [0.2, 0.25) is 0 Å². The molecular formula is C19H23N3O6S.